The lowest BCUT2D eigenvalue weighted by Gasteiger charge is -2.18. The summed E-state index contributed by atoms with van der Waals surface area (Å²) in [4.78, 5) is 32.0. The minimum Gasteiger partial charge on any atom is -0.383 e. The van der Waals surface area contributed by atoms with Gasteiger partial charge in [-0.3, -0.25) is 14.3 Å². The third-order valence-corrected chi connectivity index (χ3v) is 7.14. The van der Waals surface area contributed by atoms with E-state index in [0.717, 1.165) is 22.3 Å². The first kappa shape index (κ1) is 24.8. The van der Waals surface area contributed by atoms with Gasteiger partial charge in [-0.05, 0) is 47.9 Å². The second-order valence-corrected chi connectivity index (χ2v) is 9.79. The molecule has 1 aliphatic heterocycles. The van der Waals surface area contributed by atoms with Crippen LogP contribution in [0, 0.1) is 0 Å². The highest BCUT2D eigenvalue weighted by atomic mass is 35.5. The van der Waals surface area contributed by atoms with Gasteiger partial charge in [0.25, 0.3) is 11.8 Å². The quantitative estimate of drug-likeness (QED) is 0.386. The van der Waals surface area contributed by atoms with E-state index in [1.54, 1.807) is 52.3 Å². The summed E-state index contributed by atoms with van der Waals surface area (Å²) in [6.45, 7) is 0.955. The largest absolute Gasteiger partial charge is 0.383 e. The summed E-state index contributed by atoms with van der Waals surface area (Å²) in [6, 6.07) is 14.3. The molecule has 0 unspecified atom stereocenters. The van der Waals surface area contributed by atoms with Crippen molar-refractivity contribution in [2.45, 2.75) is 12.5 Å². The van der Waals surface area contributed by atoms with E-state index in [9.17, 15) is 9.59 Å². The van der Waals surface area contributed by atoms with Crippen LogP contribution in [0.3, 0.4) is 0 Å². The summed E-state index contributed by atoms with van der Waals surface area (Å²) in [5.74, 6) is -0.253. The molecule has 2 aromatic carbocycles. The Hall–Kier alpha value is -3.88. The molecule has 2 aromatic heterocycles. The van der Waals surface area contributed by atoms with Crippen molar-refractivity contribution in [1.29, 1.82) is 0 Å². The van der Waals surface area contributed by atoms with Crippen molar-refractivity contribution < 1.29 is 9.59 Å². The van der Waals surface area contributed by atoms with Crippen LogP contribution in [0.5, 0.6) is 0 Å². The standard InChI is InChI=1S/C27H24Cl2N6O2/c1-34-14-20(13-32-34)19-10-22(25(30)31-12-19)26(36)33-21-8-9-35(15-21)27(37)17-4-2-16(3-5-17)18-6-7-23(28)24(29)11-18/h2-7,10-14,21H,8-9,15H2,1H3,(H2,30,31)(H,33,36)/t21-/m1/s1. The van der Waals surface area contributed by atoms with Crippen LogP contribution < -0.4 is 11.1 Å². The molecular weight excluding hydrogens is 511 g/mol. The number of carbonyl (C=O) groups is 2. The Balaban J connectivity index is 1.23. The highest BCUT2D eigenvalue weighted by Gasteiger charge is 2.29. The molecule has 2 amide bonds. The fourth-order valence-electron chi connectivity index (χ4n) is 4.37. The molecule has 8 nitrogen and oxygen atoms in total. The van der Waals surface area contributed by atoms with Gasteiger partial charge in [-0.1, -0.05) is 41.4 Å². The van der Waals surface area contributed by atoms with Gasteiger partial charge in [-0.15, -0.1) is 0 Å². The van der Waals surface area contributed by atoms with E-state index < -0.39 is 0 Å². The van der Waals surface area contributed by atoms with E-state index in [0.29, 0.717) is 40.7 Å². The Morgan fingerprint density at radius 3 is 2.43 bits per heavy atom. The van der Waals surface area contributed by atoms with Crippen molar-refractivity contribution in [2.24, 2.45) is 7.05 Å². The first-order chi connectivity index (χ1) is 17.8. The zero-order valence-corrected chi connectivity index (χ0v) is 21.5. The Bertz CT molecular complexity index is 1480. The van der Waals surface area contributed by atoms with Crippen LogP contribution in [0.2, 0.25) is 10.0 Å². The highest BCUT2D eigenvalue weighted by molar-refractivity contribution is 6.42. The number of pyridine rings is 1. The maximum absolute atomic E-state index is 13.1. The van der Waals surface area contributed by atoms with Crippen molar-refractivity contribution in [3.63, 3.8) is 0 Å². The molecule has 1 atom stereocenters. The van der Waals surface area contributed by atoms with Crippen molar-refractivity contribution >= 4 is 40.8 Å². The molecule has 5 rings (SSSR count). The number of halogens is 2. The number of nitrogens with zero attached hydrogens (tertiary/aromatic N) is 4. The fourth-order valence-corrected chi connectivity index (χ4v) is 4.67. The summed E-state index contributed by atoms with van der Waals surface area (Å²) in [5.41, 5.74) is 10.3. The SMILES string of the molecule is Cn1cc(-c2cnc(N)c(C(=O)N[C@@H]3CCN(C(=O)c4ccc(-c5ccc(Cl)c(Cl)c5)cc4)C3)c2)cn1. The predicted molar refractivity (Wildman–Crippen MR) is 145 cm³/mol. The Morgan fingerprint density at radius 2 is 1.73 bits per heavy atom. The van der Waals surface area contributed by atoms with E-state index in [-0.39, 0.29) is 23.7 Å². The number of anilines is 1. The zero-order chi connectivity index (χ0) is 26.1. The number of amides is 2. The van der Waals surface area contributed by atoms with E-state index in [1.165, 1.54) is 0 Å². The number of benzene rings is 2. The van der Waals surface area contributed by atoms with E-state index in [2.05, 4.69) is 15.4 Å². The lowest BCUT2D eigenvalue weighted by molar-refractivity contribution is 0.0783. The molecule has 0 radical (unpaired) electrons. The number of rotatable bonds is 5. The molecule has 0 bridgehead atoms. The monoisotopic (exact) mass is 534 g/mol. The van der Waals surface area contributed by atoms with Crippen molar-refractivity contribution in [3.05, 3.63) is 88.3 Å². The Kier molecular flexibility index (Phi) is 6.86. The number of hydrogen-bond donors (Lipinski definition) is 2. The summed E-state index contributed by atoms with van der Waals surface area (Å²) in [7, 11) is 1.82. The summed E-state index contributed by atoms with van der Waals surface area (Å²) in [5, 5.41) is 8.13. The molecule has 0 aliphatic carbocycles. The van der Waals surface area contributed by atoms with Gasteiger partial charge >= 0.3 is 0 Å². The number of nitrogens with one attached hydrogen (secondary N) is 1. The minimum atomic E-state index is -0.319. The molecule has 1 aliphatic rings. The Morgan fingerprint density at radius 1 is 0.973 bits per heavy atom. The second-order valence-electron chi connectivity index (χ2n) is 8.98. The number of aryl methyl sites for hydroxylation is 1. The molecule has 1 saturated heterocycles. The first-order valence-electron chi connectivity index (χ1n) is 11.7. The van der Waals surface area contributed by atoms with Crippen LogP contribution in [0.15, 0.2) is 67.1 Å². The molecule has 0 spiro atoms. The summed E-state index contributed by atoms with van der Waals surface area (Å²) < 4.78 is 1.68. The van der Waals surface area contributed by atoms with Gasteiger partial charge in [0.15, 0.2) is 0 Å². The normalized spacial score (nSPS) is 15.1. The fraction of sp³-hybridized carbons (Fsp3) is 0.185. The molecule has 3 N–H and O–H groups in total. The Labute approximate surface area is 224 Å². The van der Waals surface area contributed by atoms with Crippen LogP contribution in [-0.4, -0.2) is 50.6 Å². The van der Waals surface area contributed by atoms with E-state index in [1.807, 2.05) is 31.4 Å². The van der Waals surface area contributed by atoms with Gasteiger partial charge in [-0.2, -0.15) is 5.10 Å². The maximum atomic E-state index is 13.1. The lowest BCUT2D eigenvalue weighted by atomic mass is 10.0. The number of carbonyl (C=O) groups excluding carboxylic acids is 2. The maximum Gasteiger partial charge on any atom is 0.255 e. The number of aromatic nitrogens is 3. The smallest absolute Gasteiger partial charge is 0.255 e. The van der Waals surface area contributed by atoms with Crippen molar-refractivity contribution in [2.75, 3.05) is 18.8 Å². The highest BCUT2D eigenvalue weighted by Crippen LogP contribution is 2.29. The zero-order valence-electron chi connectivity index (χ0n) is 20.0. The molecule has 37 heavy (non-hydrogen) atoms. The minimum absolute atomic E-state index is 0.0859. The number of likely N-dealkylation sites (tertiary alicyclic amines) is 1. The van der Waals surface area contributed by atoms with Gasteiger partial charge in [0.2, 0.25) is 0 Å². The third kappa shape index (κ3) is 5.30. The first-order valence-corrected chi connectivity index (χ1v) is 12.4. The van der Waals surface area contributed by atoms with Gasteiger partial charge < -0.3 is 16.0 Å². The van der Waals surface area contributed by atoms with Gasteiger partial charge in [0.1, 0.15) is 5.82 Å². The van der Waals surface area contributed by atoms with Crippen LogP contribution in [0.1, 0.15) is 27.1 Å². The number of nitrogen functional groups attached to an aromatic ring is 1. The van der Waals surface area contributed by atoms with Crippen LogP contribution in [0.25, 0.3) is 22.3 Å². The molecule has 0 saturated carbocycles. The third-order valence-electron chi connectivity index (χ3n) is 6.40. The van der Waals surface area contributed by atoms with Gasteiger partial charge in [0, 0.05) is 55.3 Å². The molecule has 10 heteroatoms. The van der Waals surface area contributed by atoms with E-state index in [4.69, 9.17) is 28.9 Å². The molecule has 3 heterocycles. The van der Waals surface area contributed by atoms with Crippen LogP contribution in [-0.2, 0) is 7.05 Å². The predicted octanol–water partition coefficient (Wildman–Crippen LogP) is 4.68. The second kappa shape index (κ2) is 10.2. The van der Waals surface area contributed by atoms with Crippen LogP contribution in [0.4, 0.5) is 5.82 Å². The lowest BCUT2D eigenvalue weighted by Crippen LogP contribution is -2.38. The van der Waals surface area contributed by atoms with Crippen molar-refractivity contribution in [3.8, 4) is 22.3 Å². The topological polar surface area (TPSA) is 106 Å². The van der Waals surface area contributed by atoms with Gasteiger partial charge in [-0.25, -0.2) is 4.98 Å². The summed E-state index contributed by atoms with van der Waals surface area (Å²) >= 11 is 12.1. The van der Waals surface area contributed by atoms with Gasteiger partial charge in [0.05, 0.1) is 21.8 Å². The average molecular weight is 535 g/mol. The van der Waals surface area contributed by atoms with Crippen LogP contribution >= 0.6 is 23.2 Å². The number of nitrogens with two attached hydrogens (primary N) is 1. The average Bonchev–Trinajstić information content (AvgIpc) is 3.55. The van der Waals surface area contributed by atoms with Crippen molar-refractivity contribution in [1.82, 2.24) is 25.0 Å². The molecule has 188 valence electrons. The summed E-state index contributed by atoms with van der Waals surface area (Å²) in [6.07, 6.45) is 5.80. The molecule has 1 fully saturated rings. The number of hydrogen-bond acceptors (Lipinski definition) is 5. The van der Waals surface area contributed by atoms with E-state index >= 15 is 0 Å². The molecule has 4 aromatic rings. The molecular formula is C27H24Cl2N6O2.